The average Bonchev–Trinajstić information content (AvgIpc) is 3.11. The van der Waals surface area contributed by atoms with Gasteiger partial charge in [-0.05, 0) is 70.6 Å². The van der Waals surface area contributed by atoms with Gasteiger partial charge in [0.05, 0.1) is 34.4 Å². The van der Waals surface area contributed by atoms with E-state index in [4.69, 9.17) is 14.2 Å². The smallest absolute Gasteiger partial charge is 0.362 e. The summed E-state index contributed by atoms with van der Waals surface area (Å²) >= 11 is 0. The van der Waals surface area contributed by atoms with Gasteiger partial charge in [-0.2, -0.15) is 0 Å². The van der Waals surface area contributed by atoms with Crippen LogP contribution in [-0.4, -0.2) is 80.6 Å². The standard InChI is InChI=1S/C45H75NO7/c1-6-8-10-12-14-16-18-20-21-22-24-26-28-30-32-34-36-44(48)53-41(39-51-38-37-42(45(49)50)46(3,4)5)40-52-43(47)35-33-31-29-27-25-23-19-17-15-13-11-9-7-2/h8,10,14,16,20-21,23-26,30,32,41-42H,6-7,9,11-13,15,17-19,22,27-29,31,33-40H2,1-5H3/p+1/b10-8+,16-14+,21-20+,25-23+,26-24+,32-30+. The Bertz CT molecular complexity index is 1100. The van der Waals surface area contributed by atoms with Crippen LogP contribution < -0.4 is 0 Å². The lowest BCUT2D eigenvalue weighted by Gasteiger charge is -2.31. The van der Waals surface area contributed by atoms with Crippen molar-refractivity contribution < 1.29 is 38.2 Å². The molecule has 8 nitrogen and oxygen atoms in total. The van der Waals surface area contributed by atoms with Crippen molar-refractivity contribution in [2.75, 3.05) is 41.0 Å². The van der Waals surface area contributed by atoms with Crippen LogP contribution in [0.5, 0.6) is 0 Å². The molecule has 0 saturated carbocycles. The fourth-order valence-electron chi connectivity index (χ4n) is 5.43. The molecule has 1 N–H and O–H groups in total. The van der Waals surface area contributed by atoms with Crippen LogP contribution in [0.1, 0.15) is 142 Å². The molecule has 302 valence electrons. The van der Waals surface area contributed by atoms with Gasteiger partial charge in [0.15, 0.2) is 12.1 Å². The number of esters is 2. The van der Waals surface area contributed by atoms with E-state index >= 15 is 0 Å². The predicted molar refractivity (Wildman–Crippen MR) is 220 cm³/mol. The first-order valence-corrected chi connectivity index (χ1v) is 20.5. The number of nitrogens with zero attached hydrogens (tertiary/aromatic N) is 1. The van der Waals surface area contributed by atoms with Gasteiger partial charge in [0.25, 0.3) is 0 Å². The third-order valence-corrected chi connectivity index (χ3v) is 8.60. The van der Waals surface area contributed by atoms with Gasteiger partial charge >= 0.3 is 17.9 Å². The molecule has 0 aliphatic heterocycles. The second-order valence-electron chi connectivity index (χ2n) is 14.5. The van der Waals surface area contributed by atoms with E-state index in [0.717, 1.165) is 64.2 Å². The van der Waals surface area contributed by atoms with Crippen molar-refractivity contribution in [3.05, 3.63) is 72.9 Å². The molecule has 0 saturated heterocycles. The minimum Gasteiger partial charge on any atom is -0.477 e. The lowest BCUT2D eigenvalue weighted by molar-refractivity contribution is -0.887. The van der Waals surface area contributed by atoms with E-state index in [1.165, 1.54) is 38.5 Å². The molecule has 0 amide bonds. The number of rotatable bonds is 35. The maximum absolute atomic E-state index is 12.6. The zero-order valence-corrected chi connectivity index (χ0v) is 34.2. The van der Waals surface area contributed by atoms with Crippen LogP contribution >= 0.6 is 0 Å². The second kappa shape index (κ2) is 35.8. The SMILES string of the molecule is CC/C=C/C/C=C/C/C=C/C/C=C/C/C=C/CCC(=O)OC(COCCC(C(=O)O)[N+](C)(C)C)COC(=O)CCCCC/C=C/CCCCCCCC. The summed E-state index contributed by atoms with van der Waals surface area (Å²) in [4.78, 5) is 36.8. The van der Waals surface area contributed by atoms with Gasteiger partial charge in [0.1, 0.15) is 6.61 Å². The Labute approximate surface area is 323 Å². The molecule has 0 spiro atoms. The Morgan fingerprint density at radius 2 is 1.09 bits per heavy atom. The largest absolute Gasteiger partial charge is 0.477 e. The van der Waals surface area contributed by atoms with Crippen molar-refractivity contribution in [3.63, 3.8) is 0 Å². The predicted octanol–water partition coefficient (Wildman–Crippen LogP) is 10.8. The van der Waals surface area contributed by atoms with E-state index in [9.17, 15) is 19.5 Å². The molecule has 0 radical (unpaired) electrons. The Morgan fingerprint density at radius 3 is 1.64 bits per heavy atom. The minimum absolute atomic E-state index is 0.0231. The Hall–Kier alpha value is -3.23. The maximum Gasteiger partial charge on any atom is 0.362 e. The molecule has 0 aromatic heterocycles. The van der Waals surface area contributed by atoms with Crippen molar-refractivity contribution in [3.8, 4) is 0 Å². The minimum atomic E-state index is -0.891. The number of aliphatic carboxylic acids is 1. The van der Waals surface area contributed by atoms with Crippen LogP contribution in [0, 0.1) is 0 Å². The first kappa shape index (κ1) is 49.8. The van der Waals surface area contributed by atoms with Crippen molar-refractivity contribution in [1.29, 1.82) is 0 Å². The molecule has 0 heterocycles. The third-order valence-electron chi connectivity index (χ3n) is 8.60. The highest BCUT2D eigenvalue weighted by atomic mass is 16.6. The fraction of sp³-hybridized carbons (Fsp3) is 0.667. The monoisotopic (exact) mass is 743 g/mol. The van der Waals surface area contributed by atoms with Gasteiger partial charge in [-0.1, -0.05) is 125 Å². The number of ether oxygens (including phenoxy) is 3. The molecule has 0 aromatic carbocycles. The van der Waals surface area contributed by atoms with E-state index in [0.29, 0.717) is 19.3 Å². The summed E-state index contributed by atoms with van der Waals surface area (Å²) in [6, 6.07) is -0.631. The van der Waals surface area contributed by atoms with Crippen molar-refractivity contribution in [2.45, 2.75) is 154 Å². The maximum atomic E-state index is 12.6. The summed E-state index contributed by atoms with van der Waals surface area (Å²) in [5.74, 6) is -1.61. The molecule has 0 fully saturated rings. The quantitative estimate of drug-likeness (QED) is 0.0299. The zero-order chi connectivity index (χ0) is 39.3. The van der Waals surface area contributed by atoms with E-state index in [2.05, 4.69) is 74.6 Å². The van der Waals surface area contributed by atoms with Gasteiger partial charge in [-0.15, -0.1) is 0 Å². The summed E-state index contributed by atoms with van der Waals surface area (Å²) in [7, 11) is 5.48. The number of carboxylic acid groups (broad SMARTS) is 1. The molecular formula is C45H76NO7+. The highest BCUT2D eigenvalue weighted by Crippen LogP contribution is 2.11. The number of hydrogen-bond acceptors (Lipinski definition) is 6. The summed E-state index contributed by atoms with van der Waals surface area (Å²) < 4.78 is 17.1. The number of allylic oxidation sites excluding steroid dienone is 12. The molecule has 53 heavy (non-hydrogen) atoms. The van der Waals surface area contributed by atoms with Gasteiger partial charge < -0.3 is 23.8 Å². The second-order valence-corrected chi connectivity index (χ2v) is 14.5. The molecule has 2 unspecified atom stereocenters. The van der Waals surface area contributed by atoms with Crippen LogP contribution in [0.4, 0.5) is 0 Å². The highest BCUT2D eigenvalue weighted by molar-refractivity contribution is 5.72. The zero-order valence-electron chi connectivity index (χ0n) is 34.2. The Morgan fingerprint density at radius 1 is 0.585 bits per heavy atom. The third kappa shape index (κ3) is 34.3. The van der Waals surface area contributed by atoms with E-state index in [1.807, 2.05) is 33.3 Å². The Kier molecular flexibility index (Phi) is 33.6. The van der Waals surface area contributed by atoms with E-state index in [-0.39, 0.29) is 36.7 Å². The van der Waals surface area contributed by atoms with Gasteiger partial charge in [0.2, 0.25) is 0 Å². The van der Waals surface area contributed by atoms with Crippen LogP contribution in [0.3, 0.4) is 0 Å². The van der Waals surface area contributed by atoms with Crippen molar-refractivity contribution >= 4 is 17.9 Å². The average molecular weight is 743 g/mol. The molecule has 0 rings (SSSR count). The summed E-state index contributed by atoms with van der Waals surface area (Å²) in [6.07, 6.45) is 43.9. The molecule has 0 aliphatic carbocycles. The van der Waals surface area contributed by atoms with Gasteiger partial charge in [0, 0.05) is 19.3 Å². The van der Waals surface area contributed by atoms with Gasteiger partial charge in [-0.25, -0.2) is 4.79 Å². The highest BCUT2D eigenvalue weighted by Gasteiger charge is 2.31. The van der Waals surface area contributed by atoms with E-state index in [1.54, 1.807) is 0 Å². The number of carboxylic acids is 1. The molecule has 0 aliphatic rings. The molecule has 0 aromatic rings. The first-order valence-electron chi connectivity index (χ1n) is 20.5. The fourth-order valence-corrected chi connectivity index (χ4v) is 5.43. The number of quaternary nitrogens is 1. The lowest BCUT2D eigenvalue weighted by atomic mass is 10.1. The molecule has 0 bridgehead atoms. The molecule has 2 atom stereocenters. The van der Waals surface area contributed by atoms with Crippen LogP contribution in [-0.2, 0) is 28.6 Å². The van der Waals surface area contributed by atoms with Crippen molar-refractivity contribution in [2.24, 2.45) is 0 Å². The summed E-state index contributed by atoms with van der Waals surface area (Å²) in [5.41, 5.74) is 0. The lowest BCUT2D eigenvalue weighted by Crippen LogP contribution is -2.50. The van der Waals surface area contributed by atoms with Crippen LogP contribution in [0.25, 0.3) is 0 Å². The van der Waals surface area contributed by atoms with Crippen LogP contribution in [0.2, 0.25) is 0 Å². The number of unbranched alkanes of at least 4 members (excludes halogenated alkanes) is 9. The van der Waals surface area contributed by atoms with E-state index < -0.39 is 24.1 Å². The number of carbonyl (C=O) groups excluding carboxylic acids is 2. The van der Waals surface area contributed by atoms with Crippen LogP contribution in [0.15, 0.2) is 72.9 Å². The number of carbonyl (C=O) groups is 3. The molecular weight excluding hydrogens is 666 g/mol. The number of hydrogen-bond donors (Lipinski definition) is 1. The van der Waals surface area contributed by atoms with Crippen molar-refractivity contribution in [1.82, 2.24) is 0 Å². The Balaban J connectivity index is 4.56. The topological polar surface area (TPSA) is 99.1 Å². The summed E-state index contributed by atoms with van der Waals surface area (Å²) in [6.45, 7) is 4.49. The first-order chi connectivity index (χ1) is 25.6. The molecule has 8 heteroatoms. The summed E-state index contributed by atoms with van der Waals surface area (Å²) in [5, 5.41) is 9.59. The number of likely N-dealkylation sites (N-methyl/N-ethyl adjacent to an activating group) is 1. The normalized spacial score (nSPS) is 13.8. The van der Waals surface area contributed by atoms with Gasteiger partial charge in [-0.3, -0.25) is 9.59 Å².